The van der Waals surface area contributed by atoms with Gasteiger partial charge in [0, 0.05) is 12.8 Å². The molecule has 0 aliphatic carbocycles. The van der Waals surface area contributed by atoms with Crippen LogP contribution in [0.15, 0.2) is 60.8 Å². The number of carbonyl (C=O) groups excluding carboxylic acids is 2. The number of unbranched alkanes of at least 4 members (excludes halogenated alkanes) is 48. The highest BCUT2D eigenvalue weighted by molar-refractivity contribution is 5.76. The molecule has 2 atom stereocenters. The van der Waals surface area contributed by atoms with Gasteiger partial charge < -0.3 is 20.3 Å². The van der Waals surface area contributed by atoms with Crippen molar-refractivity contribution in [2.45, 2.75) is 392 Å². The summed E-state index contributed by atoms with van der Waals surface area (Å²) >= 11 is 0. The Balaban J connectivity index is 3.46. The molecule has 0 fully saturated rings. The lowest BCUT2D eigenvalue weighted by Gasteiger charge is -2.20. The highest BCUT2D eigenvalue weighted by Crippen LogP contribution is 2.18. The summed E-state index contributed by atoms with van der Waals surface area (Å²) in [4.78, 5) is 24.6. The molecule has 81 heavy (non-hydrogen) atoms. The maximum atomic E-state index is 12.5. The Bertz CT molecular complexity index is 1400. The third-order valence-electron chi connectivity index (χ3n) is 16.5. The summed E-state index contributed by atoms with van der Waals surface area (Å²) in [6.07, 6.45) is 92.9. The molecule has 0 aliphatic rings. The first-order valence-corrected chi connectivity index (χ1v) is 36.1. The monoisotopic (exact) mass is 1130 g/mol. The maximum Gasteiger partial charge on any atom is 0.305 e. The summed E-state index contributed by atoms with van der Waals surface area (Å²) in [5.41, 5.74) is 0. The van der Waals surface area contributed by atoms with Crippen molar-refractivity contribution in [2.75, 3.05) is 13.2 Å². The van der Waals surface area contributed by atoms with Crippen molar-refractivity contribution in [3.05, 3.63) is 60.8 Å². The fraction of sp³-hybridized carbons (Fsp3) is 0.840. The highest BCUT2D eigenvalue weighted by atomic mass is 16.5. The van der Waals surface area contributed by atoms with E-state index in [9.17, 15) is 19.8 Å². The van der Waals surface area contributed by atoms with Crippen LogP contribution in [0.2, 0.25) is 0 Å². The third-order valence-corrected chi connectivity index (χ3v) is 16.5. The summed E-state index contributed by atoms with van der Waals surface area (Å²) in [6.45, 7) is 4.90. The normalized spacial score (nSPS) is 12.9. The van der Waals surface area contributed by atoms with Crippen molar-refractivity contribution >= 4 is 11.9 Å². The molecule has 0 saturated heterocycles. The van der Waals surface area contributed by atoms with Crippen molar-refractivity contribution in [3.63, 3.8) is 0 Å². The molecule has 0 heterocycles. The van der Waals surface area contributed by atoms with Crippen LogP contribution < -0.4 is 5.32 Å². The lowest BCUT2D eigenvalue weighted by Crippen LogP contribution is -2.45. The van der Waals surface area contributed by atoms with E-state index >= 15 is 0 Å². The number of amides is 1. The van der Waals surface area contributed by atoms with Gasteiger partial charge in [-0.2, -0.15) is 0 Å². The summed E-state index contributed by atoms with van der Waals surface area (Å²) in [7, 11) is 0. The van der Waals surface area contributed by atoms with Gasteiger partial charge in [0.05, 0.1) is 25.4 Å². The number of aliphatic hydroxyl groups excluding tert-OH is 2. The molecule has 2 unspecified atom stereocenters. The number of hydrogen-bond acceptors (Lipinski definition) is 5. The molecule has 0 radical (unpaired) electrons. The average molecular weight is 1130 g/mol. The molecule has 6 nitrogen and oxygen atoms in total. The van der Waals surface area contributed by atoms with E-state index in [4.69, 9.17) is 4.74 Å². The van der Waals surface area contributed by atoms with E-state index in [-0.39, 0.29) is 18.5 Å². The number of allylic oxidation sites excluding steroid dienone is 9. The van der Waals surface area contributed by atoms with E-state index in [1.807, 2.05) is 6.08 Å². The predicted molar refractivity (Wildman–Crippen MR) is 356 cm³/mol. The van der Waals surface area contributed by atoms with Gasteiger partial charge in [-0.15, -0.1) is 0 Å². The minimum absolute atomic E-state index is 0.00125. The van der Waals surface area contributed by atoms with Crippen LogP contribution in [-0.2, 0) is 14.3 Å². The number of ether oxygens (including phenoxy) is 1. The topological polar surface area (TPSA) is 95.9 Å². The number of rotatable bonds is 67. The first kappa shape index (κ1) is 78.6. The number of nitrogens with one attached hydrogen (secondary N) is 1. The maximum absolute atomic E-state index is 12.5. The zero-order valence-corrected chi connectivity index (χ0v) is 54.3. The Kier molecular flexibility index (Phi) is 67.9. The molecule has 0 aliphatic heterocycles. The Morgan fingerprint density at radius 1 is 0.346 bits per heavy atom. The van der Waals surface area contributed by atoms with E-state index in [0.717, 1.165) is 57.8 Å². The molecular formula is C75H139NO5. The third kappa shape index (κ3) is 66.6. The standard InChI is InChI=1S/C75H139NO5/c1-3-5-7-9-11-13-15-17-19-21-23-29-32-35-39-43-47-51-55-59-63-67-73(78)72(71-77)76-74(79)68-64-60-56-52-48-44-40-36-33-30-27-25-24-26-28-31-34-38-42-46-50-54-58-62-66-70-81-75(80)69-65-61-57-53-49-45-41-37-22-20-18-16-14-12-10-8-6-4-2/h14,16,20,22,25-28,63,67,72-73,77-78H,3-13,15,17-19,21,23-24,29-62,64-66,68-71H2,1-2H3,(H,76,79)/b16-14-,22-20-,27-25-,28-26-,67-63+. The van der Waals surface area contributed by atoms with Gasteiger partial charge in [-0.25, -0.2) is 0 Å². The second kappa shape index (κ2) is 70.0. The van der Waals surface area contributed by atoms with Gasteiger partial charge in [-0.05, 0) is 96.3 Å². The minimum atomic E-state index is -0.851. The van der Waals surface area contributed by atoms with Gasteiger partial charge in [0.15, 0.2) is 0 Å². The van der Waals surface area contributed by atoms with Gasteiger partial charge in [0.25, 0.3) is 0 Å². The molecule has 0 aromatic carbocycles. The Morgan fingerprint density at radius 2 is 0.617 bits per heavy atom. The van der Waals surface area contributed by atoms with Crippen molar-refractivity contribution in [1.29, 1.82) is 0 Å². The smallest absolute Gasteiger partial charge is 0.305 e. The predicted octanol–water partition coefficient (Wildman–Crippen LogP) is 23.4. The molecule has 0 bridgehead atoms. The molecule has 0 aromatic heterocycles. The largest absolute Gasteiger partial charge is 0.466 e. The highest BCUT2D eigenvalue weighted by Gasteiger charge is 2.18. The molecule has 0 spiro atoms. The summed E-state index contributed by atoms with van der Waals surface area (Å²) in [5.74, 6) is -0.0703. The number of carbonyl (C=O) groups is 2. The van der Waals surface area contributed by atoms with E-state index in [2.05, 4.69) is 67.8 Å². The Labute approximate surface area is 505 Å². The number of hydrogen-bond donors (Lipinski definition) is 3. The van der Waals surface area contributed by atoms with Crippen LogP contribution in [0.1, 0.15) is 380 Å². The summed E-state index contributed by atoms with van der Waals surface area (Å²) in [5, 5.41) is 23.2. The second-order valence-electron chi connectivity index (χ2n) is 24.6. The number of aliphatic hydroxyl groups is 2. The summed E-state index contributed by atoms with van der Waals surface area (Å²) < 4.78 is 5.49. The molecule has 1 amide bonds. The van der Waals surface area contributed by atoms with E-state index in [1.165, 1.54) is 295 Å². The van der Waals surface area contributed by atoms with Gasteiger partial charge in [-0.1, -0.05) is 331 Å². The Hall–Kier alpha value is -2.44. The van der Waals surface area contributed by atoms with Crippen LogP contribution in [0, 0.1) is 0 Å². The van der Waals surface area contributed by atoms with Crippen LogP contribution in [0.4, 0.5) is 0 Å². The molecular weight excluding hydrogens is 995 g/mol. The Morgan fingerprint density at radius 3 is 0.951 bits per heavy atom. The van der Waals surface area contributed by atoms with Crippen molar-refractivity contribution < 1.29 is 24.5 Å². The second-order valence-corrected chi connectivity index (χ2v) is 24.6. The van der Waals surface area contributed by atoms with Crippen LogP contribution in [0.5, 0.6) is 0 Å². The fourth-order valence-electron chi connectivity index (χ4n) is 11.0. The summed E-state index contributed by atoms with van der Waals surface area (Å²) in [6, 6.07) is -0.635. The zero-order valence-electron chi connectivity index (χ0n) is 54.3. The van der Waals surface area contributed by atoms with Gasteiger partial charge in [0.2, 0.25) is 5.91 Å². The van der Waals surface area contributed by atoms with E-state index < -0.39 is 12.1 Å². The van der Waals surface area contributed by atoms with Gasteiger partial charge >= 0.3 is 5.97 Å². The quantitative estimate of drug-likeness (QED) is 0.0320. The zero-order chi connectivity index (χ0) is 58.5. The molecule has 6 heteroatoms. The van der Waals surface area contributed by atoms with Crippen LogP contribution >= 0.6 is 0 Å². The van der Waals surface area contributed by atoms with E-state index in [1.54, 1.807) is 6.08 Å². The number of esters is 1. The molecule has 474 valence electrons. The van der Waals surface area contributed by atoms with Crippen LogP contribution in [0.25, 0.3) is 0 Å². The van der Waals surface area contributed by atoms with Crippen molar-refractivity contribution in [1.82, 2.24) is 5.32 Å². The minimum Gasteiger partial charge on any atom is -0.466 e. The lowest BCUT2D eigenvalue weighted by atomic mass is 10.0. The van der Waals surface area contributed by atoms with Gasteiger partial charge in [-0.3, -0.25) is 9.59 Å². The first-order chi connectivity index (χ1) is 40.0. The van der Waals surface area contributed by atoms with Crippen molar-refractivity contribution in [2.24, 2.45) is 0 Å². The molecule has 3 N–H and O–H groups in total. The molecule has 0 saturated carbocycles. The van der Waals surface area contributed by atoms with Crippen molar-refractivity contribution in [3.8, 4) is 0 Å². The average Bonchev–Trinajstić information content (AvgIpc) is 3.47. The SMILES string of the molecule is CCCCCC/C=C\C/C=C\CCCCCCCCCC(=O)OCCCCCCCCCCC/C=C\C/C=C\CCCCCCCCCCCC(=O)NC(CO)C(O)/C=C/CCCCCCCCCCCCCCCCCCCCC. The van der Waals surface area contributed by atoms with Crippen LogP contribution in [-0.4, -0.2) is 47.4 Å². The fourth-order valence-corrected chi connectivity index (χ4v) is 11.0. The molecule has 0 aromatic rings. The molecule has 0 rings (SSSR count). The first-order valence-electron chi connectivity index (χ1n) is 36.1. The van der Waals surface area contributed by atoms with E-state index in [0.29, 0.717) is 19.4 Å². The van der Waals surface area contributed by atoms with Gasteiger partial charge in [0.1, 0.15) is 0 Å². The lowest BCUT2D eigenvalue weighted by molar-refractivity contribution is -0.143. The van der Waals surface area contributed by atoms with Crippen LogP contribution in [0.3, 0.4) is 0 Å².